The zero-order chi connectivity index (χ0) is 18.8. The molecule has 0 aliphatic rings. The molecule has 0 saturated heterocycles. The molecule has 0 radical (unpaired) electrons. The third-order valence-electron chi connectivity index (χ3n) is 4.66. The van der Waals surface area contributed by atoms with Crippen LogP contribution in [0.25, 0.3) is 21.9 Å². The fourth-order valence-electron chi connectivity index (χ4n) is 3.35. The minimum atomic E-state index is -0.232. The highest BCUT2D eigenvalue weighted by atomic mass is 16.5. The molecule has 0 aliphatic carbocycles. The van der Waals surface area contributed by atoms with Gasteiger partial charge in [0.1, 0.15) is 5.76 Å². The summed E-state index contributed by atoms with van der Waals surface area (Å²) in [7, 11) is 0. The van der Waals surface area contributed by atoms with Gasteiger partial charge in [-0.25, -0.2) is 0 Å². The Hall–Kier alpha value is -3.21. The summed E-state index contributed by atoms with van der Waals surface area (Å²) in [5.74, 6) is 1.39. The van der Waals surface area contributed by atoms with Crippen molar-refractivity contribution in [2.45, 2.75) is 26.3 Å². The Morgan fingerprint density at radius 3 is 2.93 bits per heavy atom. The van der Waals surface area contributed by atoms with E-state index in [1.54, 1.807) is 0 Å². The highest BCUT2D eigenvalue weighted by molar-refractivity contribution is 5.89. The molecule has 1 unspecified atom stereocenters. The van der Waals surface area contributed by atoms with Crippen LogP contribution in [0.3, 0.4) is 0 Å². The van der Waals surface area contributed by atoms with Gasteiger partial charge in [-0.2, -0.15) is 0 Å². The first-order valence-electron chi connectivity index (χ1n) is 9.15. The van der Waals surface area contributed by atoms with E-state index >= 15 is 0 Å². The quantitative estimate of drug-likeness (QED) is 0.521. The number of furan rings is 1. The van der Waals surface area contributed by atoms with Crippen LogP contribution in [0.1, 0.15) is 31.2 Å². The van der Waals surface area contributed by atoms with Gasteiger partial charge in [-0.05, 0) is 37.6 Å². The standard InChI is InChI=1S/C22H22N2O3/c1-3-26-19-10-6-7-15-11-20(27-22(15)19)14(2)24-21(25)12-16-13-23-18-9-5-4-8-17(16)18/h4-11,13-14,23H,3,12H2,1-2H3,(H,24,25). The third-order valence-corrected chi connectivity index (χ3v) is 4.66. The highest BCUT2D eigenvalue weighted by Crippen LogP contribution is 2.31. The van der Waals surface area contributed by atoms with Crippen molar-refractivity contribution in [3.63, 3.8) is 0 Å². The molecule has 0 fully saturated rings. The second kappa shape index (κ2) is 7.19. The SMILES string of the molecule is CCOc1cccc2cc(C(C)NC(=O)Cc3c[nH]c4ccccc34)oc12. The number of carbonyl (C=O) groups is 1. The molecule has 138 valence electrons. The molecule has 27 heavy (non-hydrogen) atoms. The number of H-pyrrole nitrogens is 1. The maximum Gasteiger partial charge on any atom is 0.225 e. The largest absolute Gasteiger partial charge is 0.490 e. The zero-order valence-electron chi connectivity index (χ0n) is 15.4. The molecule has 5 nitrogen and oxygen atoms in total. The Bertz CT molecular complexity index is 1090. The summed E-state index contributed by atoms with van der Waals surface area (Å²) in [6.45, 7) is 4.44. The number of ether oxygens (including phenoxy) is 1. The van der Waals surface area contributed by atoms with Crippen molar-refractivity contribution in [3.05, 3.63) is 66.1 Å². The predicted octanol–water partition coefficient (Wildman–Crippen LogP) is 4.73. The van der Waals surface area contributed by atoms with Crippen molar-refractivity contribution in [1.82, 2.24) is 10.3 Å². The van der Waals surface area contributed by atoms with E-state index in [1.807, 2.05) is 68.6 Å². The molecule has 4 rings (SSSR count). The van der Waals surface area contributed by atoms with Gasteiger partial charge in [-0.3, -0.25) is 4.79 Å². The molecule has 2 aromatic carbocycles. The number of amides is 1. The Morgan fingerprint density at radius 1 is 1.22 bits per heavy atom. The van der Waals surface area contributed by atoms with Gasteiger partial charge in [0, 0.05) is 22.5 Å². The number of nitrogens with one attached hydrogen (secondary N) is 2. The Morgan fingerprint density at radius 2 is 2.07 bits per heavy atom. The van der Waals surface area contributed by atoms with Crippen LogP contribution in [0.4, 0.5) is 0 Å². The average Bonchev–Trinajstić information content (AvgIpc) is 3.27. The summed E-state index contributed by atoms with van der Waals surface area (Å²) < 4.78 is 11.6. The van der Waals surface area contributed by atoms with Crippen LogP contribution in [0.15, 0.2) is 59.1 Å². The molecule has 4 aromatic rings. The number of aromatic nitrogens is 1. The number of para-hydroxylation sites is 2. The van der Waals surface area contributed by atoms with E-state index in [0.29, 0.717) is 24.4 Å². The van der Waals surface area contributed by atoms with Crippen LogP contribution in [0.2, 0.25) is 0 Å². The van der Waals surface area contributed by atoms with Crippen LogP contribution in [-0.4, -0.2) is 17.5 Å². The minimum Gasteiger partial charge on any atom is -0.490 e. The Balaban J connectivity index is 1.50. The van der Waals surface area contributed by atoms with Gasteiger partial charge >= 0.3 is 0 Å². The first-order chi connectivity index (χ1) is 13.2. The van der Waals surface area contributed by atoms with Crippen molar-refractivity contribution in [2.24, 2.45) is 0 Å². The minimum absolute atomic E-state index is 0.0438. The molecular weight excluding hydrogens is 340 g/mol. The summed E-state index contributed by atoms with van der Waals surface area (Å²) >= 11 is 0. The molecule has 1 amide bonds. The number of aromatic amines is 1. The number of hydrogen-bond donors (Lipinski definition) is 2. The average molecular weight is 362 g/mol. The first-order valence-corrected chi connectivity index (χ1v) is 9.15. The lowest BCUT2D eigenvalue weighted by Gasteiger charge is -2.11. The topological polar surface area (TPSA) is 67.3 Å². The van der Waals surface area contributed by atoms with E-state index in [4.69, 9.17) is 9.15 Å². The summed E-state index contributed by atoms with van der Waals surface area (Å²) in [4.78, 5) is 15.7. The molecule has 1 atom stereocenters. The molecule has 2 aromatic heterocycles. The van der Waals surface area contributed by atoms with Gasteiger partial charge < -0.3 is 19.5 Å². The molecule has 0 bridgehead atoms. The Kier molecular flexibility index (Phi) is 4.59. The summed E-state index contributed by atoms with van der Waals surface area (Å²) in [6.07, 6.45) is 2.21. The van der Waals surface area contributed by atoms with E-state index < -0.39 is 0 Å². The molecule has 0 spiro atoms. The van der Waals surface area contributed by atoms with Gasteiger partial charge in [0.2, 0.25) is 5.91 Å². The van der Waals surface area contributed by atoms with Crippen molar-refractivity contribution in [2.75, 3.05) is 6.61 Å². The summed E-state index contributed by atoms with van der Waals surface area (Å²) in [6, 6.07) is 15.5. The van der Waals surface area contributed by atoms with E-state index in [1.165, 1.54) is 0 Å². The summed E-state index contributed by atoms with van der Waals surface area (Å²) in [5, 5.41) is 5.06. The molecule has 0 saturated carbocycles. The third kappa shape index (κ3) is 3.40. The molecule has 2 N–H and O–H groups in total. The second-order valence-corrected chi connectivity index (χ2v) is 6.58. The van der Waals surface area contributed by atoms with Crippen molar-refractivity contribution in [1.29, 1.82) is 0 Å². The zero-order valence-corrected chi connectivity index (χ0v) is 15.4. The number of fused-ring (bicyclic) bond motifs is 2. The molecular formula is C22H22N2O3. The van der Waals surface area contributed by atoms with Crippen molar-refractivity contribution in [3.8, 4) is 5.75 Å². The predicted molar refractivity (Wildman–Crippen MR) is 106 cm³/mol. The monoisotopic (exact) mass is 362 g/mol. The summed E-state index contributed by atoms with van der Waals surface area (Å²) in [5.41, 5.74) is 2.74. The van der Waals surface area contributed by atoms with Crippen LogP contribution < -0.4 is 10.1 Å². The maximum atomic E-state index is 12.5. The molecule has 2 heterocycles. The van der Waals surface area contributed by atoms with Gasteiger partial charge in [0.05, 0.1) is 19.1 Å². The van der Waals surface area contributed by atoms with Crippen molar-refractivity contribution >= 4 is 27.8 Å². The lowest BCUT2D eigenvalue weighted by molar-refractivity contribution is -0.121. The fraction of sp³-hybridized carbons (Fsp3) is 0.227. The molecule has 0 aliphatic heterocycles. The normalized spacial score (nSPS) is 12.4. The van der Waals surface area contributed by atoms with Gasteiger partial charge in [-0.15, -0.1) is 0 Å². The van der Waals surface area contributed by atoms with Gasteiger partial charge in [0.15, 0.2) is 11.3 Å². The van der Waals surface area contributed by atoms with Crippen LogP contribution >= 0.6 is 0 Å². The maximum absolute atomic E-state index is 12.5. The lowest BCUT2D eigenvalue weighted by atomic mass is 10.1. The molecule has 5 heteroatoms. The van der Waals surface area contributed by atoms with Crippen LogP contribution in [0, 0.1) is 0 Å². The van der Waals surface area contributed by atoms with E-state index in [-0.39, 0.29) is 11.9 Å². The van der Waals surface area contributed by atoms with E-state index in [2.05, 4.69) is 10.3 Å². The fourth-order valence-corrected chi connectivity index (χ4v) is 3.35. The number of carbonyl (C=O) groups excluding carboxylic acids is 1. The van der Waals surface area contributed by atoms with E-state index in [0.717, 1.165) is 27.6 Å². The Labute approximate surface area is 157 Å². The smallest absolute Gasteiger partial charge is 0.225 e. The number of hydrogen-bond acceptors (Lipinski definition) is 3. The van der Waals surface area contributed by atoms with Gasteiger partial charge in [0.25, 0.3) is 0 Å². The van der Waals surface area contributed by atoms with E-state index in [9.17, 15) is 4.79 Å². The van der Waals surface area contributed by atoms with Gasteiger partial charge in [-0.1, -0.05) is 30.3 Å². The first kappa shape index (κ1) is 17.2. The number of benzene rings is 2. The number of rotatable bonds is 6. The van der Waals surface area contributed by atoms with Crippen LogP contribution in [-0.2, 0) is 11.2 Å². The lowest BCUT2D eigenvalue weighted by Crippen LogP contribution is -2.27. The highest BCUT2D eigenvalue weighted by Gasteiger charge is 2.17. The van der Waals surface area contributed by atoms with Crippen molar-refractivity contribution < 1.29 is 13.9 Å². The second-order valence-electron chi connectivity index (χ2n) is 6.58. The van der Waals surface area contributed by atoms with Crippen LogP contribution in [0.5, 0.6) is 5.75 Å².